The Morgan fingerprint density at radius 2 is 2.05 bits per heavy atom. The molecular weight excluding hydrogens is 303 g/mol. The zero-order valence-corrected chi connectivity index (χ0v) is 12.5. The smallest absolute Gasteiger partial charge is 0.266 e. The lowest BCUT2D eigenvalue weighted by atomic mass is 10.1. The summed E-state index contributed by atoms with van der Waals surface area (Å²) >= 11 is 5.98. The van der Waals surface area contributed by atoms with Gasteiger partial charge in [-0.05, 0) is 36.8 Å². The molecule has 1 amide bonds. The van der Waals surface area contributed by atoms with Crippen molar-refractivity contribution in [2.75, 3.05) is 5.32 Å². The van der Waals surface area contributed by atoms with Gasteiger partial charge in [0.1, 0.15) is 17.5 Å². The SMILES string of the molecule is Cc1ccc(NC(=O)/C(C#N)=C\c2ccccc2F)cc1Cl. The highest BCUT2D eigenvalue weighted by Crippen LogP contribution is 2.20. The Bertz CT molecular complexity index is 793. The van der Waals surface area contributed by atoms with Gasteiger partial charge in [-0.25, -0.2) is 4.39 Å². The summed E-state index contributed by atoms with van der Waals surface area (Å²) in [6, 6.07) is 12.7. The highest BCUT2D eigenvalue weighted by molar-refractivity contribution is 6.31. The fourth-order valence-electron chi connectivity index (χ4n) is 1.77. The van der Waals surface area contributed by atoms with E-state index in [9.17, 15) is 9.18 Å². The van der Waals surface area contributed by atoms with Gasteiger partial charge in [0, 0.05) is 16.3 Å². The summed E-state index contributed by atoms with van der Waals surface area (Å²) in [5.74, 6) is -1.12. The number of benzene rings is 2. The maximum Gasteiger partial charge on any atom is 0.266 e. The fourth-order valence-corrected chi connectivity index (χ4v) is 1.95. The number of nitriles is 1. The van der Waals surface area contributed by atoms with Crippen LogP contribution >= 0.6 is 11.6 Å². The van der Waals surface area contributed by atoms with Crippen molar-refractivity contribution in [3.8, 4) is 6.07 Å². The molecule has 22 heavy (non-hydrogen) atoms. The molecule has 0 radical (unpaired) electrons. The number of hydrogen-bond acceptors (Lipinski definition) is 2. The van der Waals surface area contributed by atoms with Crippen molar-refractivity contribution in [2.24, 2.45) is 0 Å². The molecule has 0 saturated heterocycles. The third kappa shape index (κ3) is 3.72. The molecule has 110 valence electrons. The molecule has 2 rings (SSSR count). The summed E-state index contributed by atoms with van der Waals surface area (Å²) in [6.07, 6.45) is 1.21. The highest BCUT2D eigenvalue weighted by Gasteiger charge is 2.11. The standard InChI is InChI=1S/C17H12ClFN2O/c1-11-6-7-14(9-15(11)18)21-17(22)13(10-20)8-12-4-2-3-5-16(12)19/h2-9H,1H3,(H,21,22)/b13-8-. The van der Waals surface area contributed by atoms with Crippen LogP contribution in [0.2, 0.25) is 5.02 Å². The minimum absolute atomic E-state index is 0.177. The van der Waals surface area contributed by atoms with E-state index in [0.29, 0.717) is 10.7 Å². The van der Waals surface area contributed by atoms with E-state index in [1.807, 2.05) is 6.92 Å². The lowest BCUT2D eigenvalue weighted by molar-refractivity contribution is -0.112. The average molecular weight is 315 g/mol. The lowest BCUT2D eigenvalue weighted by Crippen LogP contribution is -2.13. The van der Waals surface area contributed by atoms with Gasteiger partial charge in [-0.2, -0.15) is 5.26 Å². The second kappa shape index (κ2) is 6.88. The van der Waals surface area contributed by atoms with E-state index < -0.39 is 11.7 Å². The predicted octanol–water partition coefficient (Wildman–Crippen LogP) is 4.33. The number of rotatable bonds is 3. The first-order chi connectivity index (χ1) is 10.5. The van der Waals surface area contributed by atoms with Gasteiger partial charge >= 0.3 is 0 Å². The number of halogens is 2. The van der Waals surface area contributed by atoms with Crippen molar-refractivity contribution in [3.05, 3.63) is 70.0 Å². The topological polar surface area (TPSA) is 52.9 Å². The summed E-state index contributed by atoms with van der Waals surface area (Å²) in [5.41, 5.74) is 1.33. The fraction of sp³-hybridized carbons (Fsp3) is 0.0588. The van der Waals surface area contributed by atoms with Crippen LogP contribution in [0.15, 0.2) is 48.0 Å². The van der Waals surface area contributed by atoms with Gasteiger partial charge in [-0.3, -0.25) is 4.79 Å². The number of nitrogens with one attached hydrogen (secondary N) is 1. The zero-order valence-electron chi connectivity index (χ0n) is 11.7. The van der Waals surface area contributed by atoms with Crippen LogP contribution in [-0.4, -0.2) is 5.91 Å². The molecule has 0 aromatic heterocycles. The quantitative estimate of drug-likeness (QED) is 0.677. The molecule has 0 fully saturated rings. The minimum atomic E-state index is -0.620. The molecule has 0 aliphatic rings. The van der Waals surface area contributed by atoms with E-state index in [2.05, 4.69) is 5.32 Å². The minimum Gasteiger partial charge on any atom is -0.321 e. The van der Waals surface area contributed by atoms with Crippen molar-refractivity contribution in [1.82, 2.24) is 0 Å². The summed E-state index contributed by atoms with van der Waals surface area (Å²) in [5, 5.41) is 12.2. The molecule has 0 unspecified atom stereocenters. The molecule has 2 aromatic carbocycles. The van der Waals surface area contributed by atoms with Crippen molar-refractivity contribution in [1.29, 1.82) is 5.26 Å². The van der Waals surface area contributed by atoms with E-state index >= 15 is 0 Å². The van der Waals surface area contributed by atoms with E-state index in [4.69, 9.17) is 16.9 Å². The number of amides is 1. The molecule has 0 atom stereocenters. The van der Waals surface area contributed by atoms with Crippen LogP contribution in [0, 0.1) is 24.1 Å². The van der Waals surface area contributed by atoms with Crippen LogP contribution in [0.25, 0.3) is 6.08 Å². The normalized spacial score (nSPS) is 10.9. The highest BCUT2D eigenvalue weighted by atomic mass is 35.5. The Morgan fingerprint density at radius 1 is 1.32 bits per heavy atom. The molecule has 0 saturated carbocycles. The van der Waals surface area contributed by atoms with E-state index in [1.165, 1.54) is 24.3 Å². The Morgan fingerprint density at radius 3 is 2.68 bits per heavy atom. The van der Waals surface area contributed by atoms with Gasteiger partial charge < -0.3 is 5.32 Å². The molecule has 0 heterocycles. The number of aryl methyl sites for hydroxylation is 1. The Labute approximate surface area is 132 Å². The summed E-state index contributed by atoms with van der Waals surface area (Å²) in [7, 11) is 0. The van der Waals surface area contributed by atoms with Gasteiger partial charge in [0.25, 0.3) is 5.91 Å². The van der Waals surface area contributed by atoms with E-state index in [0.717, 1.165) is 5.56 Å². The number of carbonyl (C=O) groups is 1. The zero-order chi connectivity index (χ0) is 16.1. The Hall–Kier alpha value is -2.64. The van der Waals surface area contributed by atoms with Crippen molar-refractivity contribution >= 4 is 29.3 Å². The summed E-state index contributed by atoms with van der Waals surface area (Å²) in [4.78, 5) is 12.1. The van der Waals surface area contributed by atoms with Crippen LogP contribution < -0.4 is 5.32 Å². The predicted molar refractivity (Wildman–Crippen MR) is 84.8 cm³/mol. The Balaban J connectivity index is 2.24. The number of nitrogens with zero attached hydrogens (tertiary/aromatic N) is 1. The number of hydrogen-bond donors (Lipinski definition) is 1. The first-order valence-corrected chi connectivity index (χ1v) is 6.83. The molecular formula is C17H12ClFN2O. The van der Waals surface area contributed by atoms with Gasteiger partial charge in [0.2, 0.25) is 0 Å². The second-order valence-electron chi connectivity index (χ2n) is 4.61. The molecule has 0 aliphatic carbocycles. The molecule has 0 bridgehead atoms. The lowest BCUT2D eigenvalue weighted by Gasteiger charge is -2.06. The van der Waals surface area contributed by atoms with Crippen LogP contribution in [0.5, 0.6) is 0 Å². The van der Waals surface area contributed by atoms with Gasteiger partial charge in [-0.1, -0.05) is 35.9 Å². The van der Waals surface area contributed by atoms with Gasteiger partial charge in [-0.15, -0.1) is 0 Å². The maximum absolute atomic E-state index is 13.6. The largest absolute Gasteiger partial charge is 0.321 e. The second-order valence-corrected chi connectivity index (χ2v) is 5.02. The van der Waals surface area contributed by atoms with Crippen molar-refractivity contribution in [2.45, 2.75) is 6.92 Å². The molecule has 3 nitrogen and oxygen atoms in total. The van der Waals surface area contributed by atoms with Gasteiger partial charge in [0.05, 0.1) is 0 Å². The van der Waals surface area contributed by atoms with E-state index in [-0.39, 0.29) is 11.1 Å². The van der Waals surface area contributed by atoms with Crippen molar-refractivity contribution in [3.63, 3.8) is 0 Å². The average Bonchev–Trinajstić information content (AvgIpc) is 2.50. The number of carbonyl (C=O) groups excluding carboxylic acids is 1. The molecule has 0 aliphatic heterocycles. The van der Waals surface area contributed by atoms with E-state index in [1.54, 1.807) is 30.3 Å². The molecule has 5 heteroatoms. The van der Waals surface area contributed by atoms with Crippen LogP contribution in [-0.2, 0) is 4.79 Å². The van der Waals surface area contributed by atoms with Crippen LogP contribution in [0.4, 0.5) is 10.1 Å². The molecule has 0 spiro atoms. The third-order valence-electron chi connectivity index (χ3n) is 3.00. The maximum atomic E-state index is 13.6. The molecule has 1 N–H and O–H groups in total. The number of anilines is 1. The van der Waals surface area contributed by atoms with Crippen LogP contribution in [0.3, 0.4) is 0 Å². The summed E-state index contributed by atoms with van der Waals surface area (Å²) in [6.45, 7) is 1.84. The van der Waals surface area contributed by atoms with Crippen molar-refractivity contribution < 1.29 is 9.18 Å². The monoisotopic (exact) mass is 314 g/mol. The first-order valence-electron chi connectivity index (χ1n) is 6.45. The Kier molecular flexibility index (Phi) is 4.92. The van der Waals surface area contributed by atoms with Gasteiger partial charge in [0.15, 0.2) is 0 Å². The van der Waals surface area contributed by atoms with Crippen LogP contribution in [0.1, 0.15) is 11.1 Å². The molecule has 2 aromatic rings. The first kappa shape index (κ1) is 15.7. The summed E-state index contributed by atoms with van der Waals surface area (Å²) < 4.78 is 13.6. The third-order valence-corrected chi connectivity index (χ3v) is 3.41.